The van der Waals surface area contributed by atoms with Crippen LogP contribution in [0.15, 0.2) is 34.2 Å². The second-order valence-corrected chi connectivity index (χ2v) is 5.10. The van der Waals surface area contributed by atoms with Gasteiger partial charge < -0.3 is 11.1 Å². The molecule has 0 saturated carbocycles. The molecule has 0 radical (unpaired) electrons. The number of rotatable bonds is 6. The van der Waals surface area contributed by atoms with Gasteiger partial charge >= 0.3 is 0 Å². The Bertz CT molecular complexity index is 357. The highest BCUT2D eigenvalue weighted by Gasteiger charge is 1.95. The van der Waals surface area contributed by atoms with Crippen molar-refractivity contribution >= 4 is 53.3 Å². The Morgan fingerprint density at radius 1 is 1.39 bits per heavy atom. The standard InChI is InChI=1S/C12H18ClN3S.HI/c1-2-7-15-12(14)16-8-9-17-11-5-3-10(13)4-6-11;/h3-6H,2,7-9H2,1H3,(H3,14,15,16);1H. The van der Waals surface area contributed by atoms with Crippen LogP contribution in [0.1, 0.15) is 13.3 Å². The Labute approximate surface area is 135 Å². The summed E-state index contributed by atoms with van der Waals surface area (Å²) in [5.74, 6) is 1.48. The van der Waals surface area contributed by atoms with Crippen LogP contribution < -0.4 is 11.1 Å². The van der Waals surface area contributed by atoms with E-state index in [0.717, 1.165) is 30.3 Å². The highest BCUT2D eigenvalue weighted by Crippen LogP contribution is 2.19. The van der Waals surface area contributed by atoms with Gasteiger partial charge in [0.25, 0.3) is 0 Å². The lowest BCUT2D eigenvalue weighted by atomic mass is 10.4. The van der Waals surface area contributed by atoms with Crippen LogP contribution in [0.5, 0.6) is 0 Å². The Hall–Kier alpha value is -0.140. The number of hydrogen-bond acceptors (Lipinski definition) is 2. The Kier molecular flexibility index (Phi) is 10.7. The summed E-state index contributed by atoms with van der Waals surface area (Å²) in [6.45, 7) is 3.67. The number of thioether (sulfide) groups is 1. The summed E-state index contributed by atoms with van der Waals surface area (Å²) >= 11 is 7.57. The molecule has 0 bridgehead atoms. The van der Waals surface area contributed by atoms with E-state index in [4.69, 9.17) is 17.3 Å². The molecule has 0 aliphatic rings. The maximum absolute atomic E-state index is 5.81. The molecule has 0 fully saturated rings. The molecule has 102 valence electrons. The van der Waals surface area contributed by atoms with Crippen LogP contribution in [0.4, 0.5) is 0 Å². The van der Waals surface area contributed by atoms with Crippen LogP contribution in [0, 0.1) is 0 Å². The van der Waals surface area contributed by atoms with Crippen molar-refractivity contribution in [2.45, 2.75) is 18.2 Å². The highest BCUT2D eigenvalue weighted by molar-refractivity contribution is 14.0. The molecular formula is C12H19ClIN3S. The molecule has 3 N–H and O–H groups in total. The lowest BCUT2D eigenvalue weighted by Gasteiger charge is -2.05. The number of hydrogen-bond donors (Lipinski definition) is 2. The van der Waals surface area contributed by atoms with Crippen molar-refractivity contribution in [3.05, 3.63) is 29.3 Å². The third kappa shape index (κ3) is 8.05. The van der Waals surface area contributed by atoms with Crippen molar-refractivity contribution in [2.75, 3.05) is 18.8 Å². The van der Waals surface area contributed by atoms with Crippen molar-refractivity contribution < 1.29 is 0 Å². The number of aliphatic imine (C=N–C) groups is 1. The van der Waals surface area contributed by atoms with Gasteiger partial charge in [-0.15, -0.1) is 35.7 Å². The third-order valence-corrected chi connectivity index (χ3v) is 3.26. The van der Waals surface area contributed by atoms with Crippen molar-refractivity contribution in [3.8, 4) is 0 Å². The summed E-state index contributed by atoms with van der Waals surface area (Å²) in [5.41, 5.74) is 5.67. The Morgan fingerprint density at radius 2 is 2.06 bits per heavy atom. The van der Waals surface area contributed by atoms with Crippen LogP contribution in [0.25, 0.3) is 0 Å². The van der Waals surface area contributed by atoms with Crippen LogP contribution in [0.3, 0.4) is 0 Å². The van der Waals surface area contributed by atoms with E-state index in [-0.39, 0.29) is 24.0 Å². The van der Waals surface area contributed by atoms with Gasteiger partial charge in [-0.3, -0.25) is 4.99 Å². The molecule has 1 aromatic carbocycles. The summed E-state index contributed by atoms with van der Waals surface area (Å²) in [5, 5.41) is 3.85. The van der Waals surface area contributed by atoms with Gasteiger partial charge in [0, 0.05) is 28.8 Å². The van der Waals surface area contributed by atoms with Crippen molar-refractivity contribution in [1.82, 2.24) is 5.32 Å². The van der Waals surface area contributed by atoms with Gasteiger partial charge in [0.1, 0.15) is 0 Å². The predicted octanol–water partition coefficient (Wildman–Crippen LogP) is 3.36. The molecule has 0 aliphatic carbocycles. The summed E-state index contributed by atoms with van der Waals surface area (Å²) < 4.78 is 0. The minimum absolute atomic E-state index is 0. The molecule has 6 heteroatoms. The zero-order chi connectivity index (χ0) is 12.5. The molecule has 0 amide bonds. The maximum Gasteiger partial charge on any atom is 0.188 e. The SMILES string of the molecule is CCCN=C(N)NCCSc1ccc(Cl)cc1.I. The molecule has 0 aromatic heterocycles. The number of guanidine groups is 1. The fourth-order valence-corrected chi connectivity index (χ4v) is 2.06. The lowest BCUT2D eigenvalue weighted by molar-refractivity contribution is 0.892. The van der Waals surface area contributed by atoms with Crippen LogP contribution in [-0.4, -0.2) is 24.8 Å². The Balaban J connectivity index is 0.00000289. The monoisotopic (exact) mass is 399 g/mol. The van der Waals surface area contributed by atoms with Gasteiger partial charge in [0.05, 0.1) is 0 Å². The van der Waals surface area contributed by atoms with Gasteiger partial charge in [0.2, 0.25) is 0 Å². The van der Waals surface area contributed by atoms with Gasteiger partial charge in [-0.2, -0.15) is 0 Å². The fraction of sp³-hybridized carbons (Fsp3) is 0.417. The molecule has 0 unspecified atom stereocenters. The van der Waals surface area contributed by atoms with Crippen molar-refractivity contribution in [1.29, 1.82) is 0 Å². The number of nitrogens with one attached hydrogen (secondary N) is 1. The zero-order valence-corrected chi connectivity index (χ0v) is 14.3. The second-order valence-electron chi connectivity index (χ2n) is 3.50. The molecule has 0 saturated heterocycles. The average Bonchev–Trinajstić information content (AvgIpc) is 2.34. The first-order valence-electron chi connectivity index (χ1n) is 5.64. The summed E-state index contributed by atoms with van der Waals surface area (Å²) in [6, 6.07) is 7.83. The van der Waals surface area contributed by atoms with Crippen molar-refractivity contribution in [3.63, 3.8) is 0 Å². The highest BCUT2D eigenvalue weighted by atomic mass is 127. The van der Waals surface area contributed by atoms with E-state index in [1.807, 2.05) is 24.3 Å². The lowest BCUT2D eigenvalue weighted by Crippen LogP contribution is -2.33. The fourth-order valence-electron chi connectivity index (χ4n) is 1.17. The normalized spacial score (nSPS) is 10.9. The molecule has 1 aromatic rings. The van der Waals surface area contributed by atoms with Crippen LogP contribution in [-0.2, 0) is 0 Å². The third-order valence-electron chi connectivity index (χ3n) is 2.00. The van der Waals surface area contributed by atoms with Crippen LogP contribution >= 0.6 is 47.3 Å². The van der Waals surface area contributed by atoms with E-state index < -0.39 is 0 Å². The van der Waals surface area contributed by atoms with Gasteiger partial charge in [-0.05, 0) is 30.7 Å². The second kappa shape index (κ2) is 10.8. The van der Waals surface area contributed by atoms with E-state index >= 15 is 0 Å². The van der Waals surface area contributed by atoms with E-state index in [9.17, 15) is 0 Å². The summed E-state index contributed by atoms with van der Waals surface area (Å²) in [4.78, 5) is 5.36. The minimum atomic E-state index is 0. The van der Waals surface area contributed by atoms with Crippen molar-refractivity contribution in [2.24, 2.45) is 10.7 Å². The Morgan fingerprint density at radius 3 is 2.67 bits per heavy atom. The first kappa shape index (κ1) is 17.9. The number of halogens is 2. The summed E-state index contributed by atoms with van der Waals surface area (Å²) in [6.07, 6.45) is 1.02. The quantitative estimate of drug-likeness (QED) is 0.253. The van der Waals surface area contributed by atoms with Gasteiger partial charge in [-0.25, -0.2) is 0 Å². The van der Waals surface area contributed by atoms with Gasteiger partial charge in [-0.1, -0.05) is 18.5 Å². The first-order chi connectivity index (χ1) is 8.22. The molecule has 1 rings (SSSR count). The smallest absolute Gasteiger partial charge is 0.188 e. The number of nitrogens with zero attached hydrogens (tertiary/aromatic N) is 1. The summed E-state index contributed by atoms with van der Waals surface area (Å²) in [7, 11) is 0. The van der Waals surface area contributed by atoms with Gasteiger partial charge in [0.15, 0.2) is 5.96 Å². The van der Waals surface area contributed by atoms with E-state index in [2.05, 4.69) is 17.2 Å². The topological polar surface area (TPSA) is 50.4 Å². The molecule has 0 spiro atoms. The first-order valence-corrected chi connectivity index (χ1v) is 7.01. The largest absolute Gasteiger partial charge is 0.370 e. The molecular weight excluding hydrogens is 381 g/mol. The molecule has 0 atom stereocenters. The zero-order valence-electron chi connectivity index (χ0n) is 10.4. The minimum Gasteiger partial charge on any atom is -0.370 e. The van der Waals surface area contributed by atoms with Crippen LogP contribution in [0.2, 0.25) is 5.02 Å². The molecule has 0 heterocycles. The number of nitrogens with two attached hydrogens (primary N) is 1. The molecule has 0 aliphatic heterocycles. The van der Waals surface area contributed by atoms with E-state index in [1.165, 1.54) is 4.90 Å². The number of benzene rings is 1. The maximum atomic E-state index is 5.81. The predicted molar refractivity (Wildman–Crippen MR) is 92.4 cm³/mol. The molecule has 3 nitrogen and oxygen atoms in total. The molecule has 18 heavy (non-hydrogen) atoms. The van der Waals surface area contributed by atoms with E-state index in [0.29, 0.717) is 5.96 Å². The average molecular weight is 400 g/mol. The van der Waals surface area contributed by atoms with E-state index in [1.54, 1.807) is 11.8 Å².